The normalized spacial score (nSPS) is 16.9. The van der Waals surface area contributed by atoms with Crippen LogP contribution in [0.25, 0.3) is 0 Å². The molecule has 2 unspecified atom stereocenters. The van der Waals surface area contributed by atoms with Crippen LogP contribution in [0.3, 0.4) is 0 Å². The summed E-state index contributed by atoms with van der Waals surface area (Å²) in [6.45, 7) is 1.99. The minimum atomic E-state index is -0.496. The zero-order valence-corrected chi connectivity index (χ0v) is 12.7. The van der Waals surface area contributed by atoms with Gasteiger partial charge in [-0.2, -0.15) is 0 Å². The van der Waals surface area contributed by atoms with Crippen LogP contribution in [0.1, 0.15) is 0 Å². The monoisotopic (exact) mass is 288 g/mol. The van der Waals surface area contributed by atoms with Gasteiger partial charge in [0, 0.05) is 0 Å². The molecular weight excluding hydrogens is 263 g/mol. The van der Waals surface area contributed by atoms with Crippen molar-refractivity contribution in [2.45, 2.75) is 12.2 Å². The average Bonchev–Trinajstić information content (AvgIpc) is 2.13. The highest BCUT2D eigenvalue weighted by Crippen LogP contribution is 2.10. The van der Waals surface area contributed by atoms with E-state index in [1.54, 1.807) is 0 Å². The summed E-state index contributed by atoms with van der Waals surface area (Å²) in [7, 11) is 8.18. The van der Waals surface area contributed by atoms with Crippen LogP contribution in [0.2, 0.25) is 0 Å². The summed E-state index contributed by atoms with van der Waals surface area (Å²) in [5.74, 6) is 0.499. The van der Waals surface area contributed by atoms with Gasteiger partial charge in [0.15, 0.2) is 0 Å². The molecule has 6 heteroatoms. The van der Waals surface area contributed by atoms with Gasteiger partial charge in [0.2, 0.25) is 6.67 Å². The van der Waals surface area contributed by atoms with Gasteiger partial charge >= 0.3 is 0 Å². The van der Waals surface area contributed by atoms with Crippen LogP contribution < -0.4 is 0 Å². The maximum atomic E-state index is 9.59. The van der Waals surface area contributed by atoms with Crippen molar-refractivity contribution in [2.24, 2.45) is 0 Å². The fraction of sp³-hybridized carbons (Fsp3) is 1.00. The minimum Gasteiger partial charge on any atom is -0.386 e. The smallest absolute Gasteiger partial charge is 0.206 e. The van der Waals surface area contributed by atoms with Crippen molar-refractivity contribution in [1.82, 2.24) is 0 Å². The Hall–Kier alpha value is 0.420. The third-order valence-corrected chi connectivity index (χ3v) is 3.24. The molecule has 0 bridgehead atoms. The predicted molar refractivity (Wildman–Crippen MR) is 72.3 cm³/mol. The quantitative estimate of drug-likeness (QED) is 0.383. The van der Waals surface area contributed by atoms with E-state index in [9.17, 15) is 10.2 Å². The molecule has 17 heavy (non-hydrogen) atoms. The average molecular weight is 289 g/mol. The molecule has 4 nitrogen and oxygen atoms in total. The number of likely N-dealkylation sites (N-methyl/N-ethyl adjacent to an activating group) is 2. The van der Waals surface area contributed by atoms with Crippen molar-refractivity contribution < 1.29 is 19.2 Å². The van der Waals surface area contributed by atoms with Crippen LogP contribution in [0, 0.1) is 0 Å². The Morgan fingerprint density at radius 3 is 1.35 bits per heavy atom. The number of nitrogens with zero attached hydrogens (tertiary/aromatic N) is 2. The Morgan fingerprint density at radius 2 is 1.12 bits per heavy atom. The third kappa shape index (κ3) is 8.19. The van der Waals surface area contributed by atoms with Gasteiger partial charge in [0.25, 0.3) is 0 Å². The molecule has 0 aromatic heterocycles. The number of hydrogen-bond acceptors (Lipinski definition) is 2. The first-order valence-corrected chi connectivity index (χ1v) is 6.81. The van der Waals surface area contributed by atoms with Gasteiger partial charge in [-0.25, -0.2) is 0 Å². The molecule has 0 aromatic rings. The second kappa shape index (κ2) is 7.12. The third-order valence-electron chi connectivity index (χ3n) is 2.53. The number of quaternary nitrogens is 2. The van der Waals surface area contributed by atoms with Crippen LogP contribution in [0.15, 0.2) is 0 Å². The molecule has 0 rings (SSSR count). The zero-order valence-electron chi connectivity index (χ0n) is 11.2. The van der Waals surface area contributed by atoms with Gasteiger partial charge in [-0.15, -0.1) is 23.2 Å². The standard InChI is InChI=1S/C11H26Cl2N2O2/c1-14(2,7-10(16)5-12)9-15(3,4)8-11(17)6-13/h10-11,16-17H,5-9H2,1-4H3/q+2. The topological polar surface area (TPSA) is 40.5 Å². The van der Waals surface area contributed by atoms with Crippen LogP contribution in [-0.2, 0) is 0 Å². The minimum absolute atomic E-state index is 0.249. The molecule has 0 heterocycles. The lowest BCUT2D eigenvalue weighted by molar-refractivity contribution is -1.07. The van der Waals surface area contributed by atoms with Crippen LogP contribution in [0.5, 0.6) is 0 Å². The Morgan fingerprint density at radius 1 is 0.824 bits per heavy atom. The number of aliphatic hydroxyl groups is 2. The zero-order chi connectivity index (χ0) is 13.7. The molecule has 0 fully saturated rings. The summed E-state index contributed by atoms with van der Waals surface area (Å²) >= 11 is 11.2. The van der Waals surface area contributed by atoms with Gasteiger partial charge in [0.1, 0.15) is 25.3 Å². The molecule has 0 aliphatic heterocycles. The molecule has 0 spiro atoms. The first kappa shape index (κ1) is 17.4. The molecule has 0 radical (unpaired) electrons. The van der Waals surface area contributed by atoms with Crippen LogP contribution in [0.4, 0.5) is 0 Å². The molecule has 0 aliphatic carbocycles. The molecule has 0 amide bonds. The lowest BCUT2D eigenvalue weighted by atomic mass is 10.3. The van der Waals surface area contributed by atoms with E-state index in [2.05, 4.69) is 0 Å². The number of aliphatic hydroxyl groups excluding tert-OH is 2. The second-order valence-electron chi connectivity index (χ2n) is 5.99. The summed E-state index contributed by atoms with van der Waals surface area (Å²) in [6.07, 6.45) is -0.991. The Kier molecular flexibility index (Phi) is 7.29. The fourth-order valence-electron chi connectivity index (χ4n) is 2.39. The summed E-state index contributed by atoms with van der Waals surface area (Å²) in [4.78, 5) is 0. The lowest BCUT2D eigenvalue weighted by Crippen LogP contribution is -2.59. The number of rotatable bonds is 8. The Labute approximate surface area is 115 Å². The molecule has 0 saturated heterocycles. The van der Waals surface area contributed by atoms with Gasteiger partial charge in [-0.1, -0.05) is 0 Å². The molecule has 2 atom stereocenters. The number of halogens is 2. The van der Waals surface area contributed by atoms with Gasteiger partial charge < -0.3 is 10.2 Å². The van der Waals surface area contributed by atoms with E-state index in [0.29, 0.717) is 22.1 Å². The van der Waals surface area contributed by atoms with Gasteiger partial charge in [0.05, 0.1) is 40.0 Å². The second-order valence-corrected chi connectivity index (χ2v) is 6.61. The van der Waals surface area contributed by atoms with E-state index in [0.717, 1.165) is 6.67 Å². The molecule has 0 aliphatic rings. The molecule has 0 aromatic carbocycles. The van der Waals surface area contributed by atoms with Crippen molar-refractivity contribution in [2.75, 3.05) is 59.7 Å². The summed E-state index contributed by atoms with van der Waals surface area (Å²) in [5, 5.41) is 19.2. The predicted octanol–water partition coefficient (Wildman–Crippen LogP) is 0.296. The first-order valence-electron chi connectivity index (χ1n) is 5.74. The summed E-state index contributed by atoms with van der Waals surface area (Å²) < 4.78 is 1.30. The van der Waals surface area contributed by atoms with Crippen molar-refractivity contribution in [1.29, 1.82) is 0 Å². The van der Waals surface area contributed by atoms with Crippen LogP contribution in [-0.4, -0.2) is 91.1 Å². The Balaban J connectivity index is 4.36. The number of alkyl halides is 2. The van der Waals surface area contributed by atoms with E-state index < -0.39 is 12.2 Å². The molecular formula is C11H26Cl2N2O2+2. The summed E-state index contributed by atoms with van der Waals surface area (Å²) in [6, 6.07) is 0. The van der Waals surface area contributed by atoms with E-state index in [4.69, 9.17) is 23.2 Å². The SMILES string of the molecule is C[N+](C)(CC(O)CCl)C[N+](C)(C)CC(O)CCl. The molecule has 2 N–H and O–H groups in total. The highest BCUT2D eigenvalue weighted by atomic mass is 35.5. The van der Waals surface area contributed by atoms with E-state index in [1.807, 2.05) is 28.2 Å². The van der Waals surface area contributed by atoms with E-state index in [1.165, 1.54) is 0 Å². The first-order chi connectivity index (χ1) is 7.62. The summed E-state index contributed by atoms with van der Waals surface area (Å²) in [5.41, 5.74) is 0. The number of hydrogen-bond donors (Lipinski definition) is 2. The van der Waals surface area contributed by atoms with Crippen molar-refractivity contribution >= 4 is 23.2 Å². The van der Waals surface area contributed by atoms with Crippen molar-refractivity contribution in [3.8, 4) is 0 Å². The highest BCUT2D eigenvalue weighted by molar-refractivity contribution is 6.18. The molecule has 104 valence electrons. The van der Waals surface area contributed by atoms with Gasteiger partial charge in [-0.3, -0.25) is 8.97 Å². The van der Waals surface area contributed by atoms with Crippen LogP contribution >= 0.6 is 23.2 Å². The lowest BCUT2D eigenvalue weighted by Gasteiger charge is -2.40. The van der Waals surface area contributed by atoms with Gasteiger partial charge in [-0.05, 0) is 0 Å². The largest absolute Gasteiger partial charge is 0.386 e. The highest BCUT2D eigenvalue weighted by Gasteiger charge is 2.31. The fourth-order valence-corrected chi connectivity index (χ4v) is 2.59. The maximum absolute atomic E-state index is 9.59. The van der Waals surface area contributed by atoms with E-state index >= 15 is 0 Å². The van der Waals surface area contributed by atoms with Crippen molar-refractivity contribution in [3.63, 3.8) is 0 Å². The maximum Gasteiger partial charge on any atom is 0.206 e. The molecule has 0 saturated carbocycles. The van der Waals surface area contributed by atoms with E-state index in [-0.39, 0.29) is 11.8 Å². The Bertz CT molecular complexity index is 204. The van der Waals surface area contributed by atoms with Crippen molar-refractivity contribution in [3.05, 3.63) is 0 Å².